The molecule has 0 saturated carbocycles. The maximum atomic E-state index is 10.9. The topological polar surface area (TPSA) is 88.8 Å². The maximum absolute atomic E-state index is 10.9. The molecule has 0 aliphatic carbocycles. The van der Waals surface area contributed by atoms with E-state index in [2.05, 4.69) is 15.8 Å². The fraction of sp³-hybridized carbons (Fsp3) is 0.500. The van der Waals surface area contributed by atoms with Gasteiger partial charge >= 0.3 is 0 Å². The normalized spacial score (nSPS) is 17.5. The van der Waals surface area contributed by atoms with E-state index >= 15 is 0 Å². The Balaban J connectivity index is 1.97. The molecule has 8 heteroatoms. The second-order valence-electron chi connectivity index (χ2n) is 5.57. The van der Waals surface area contributed by atoms with Gasteiger partial charge in [0.2, 0.25) is 0 Å². The molecular weight excluding hydrogens is 328 g/mol. The van der Waals surface area contributed by atoms with Crippen molar-refractivity contribution in [2.24, 2.45) is 5.10 Å². The molecule has 1 saturated heterocycles. The molecule has 0 spiro atoms. The number of thiocarbonyl (C=S) groups is 1. The van der Waals surface area contributed by atoms with Gasteiger partial charge in [0, 0.05) is 30.8 Å². The number of hydrogen-bond donors (Lipinski definition) is 2. The molecule has 0 aromatic heterocycles. The van der Waals surface area contributed by atoms with Crippen LogP contribution >= 0.6 is 12.2 Å². The summed E-state index contributed by atoms with van der Waals surface area (Å²) < 4.78 is 5.52. The number of nitro benzene ring substituents is 1. The Morgan fingerprint density at radius 1 is 1.54 bits per heavy atom. The fourth-order valence-electron chi connectivity index (χ4n) is 2.47. The summed E-state index contributed by atoms with van der Waals surface area (Å²) in [6, 6.07) is 6.46. The Morgan fingerprint density at radius 3 is 3.04 bits per heavy atom. The third kappa shape index (κ3) is 5.54. The van der Waals surface area contributed by atoms with Crippen LogP contribution in [-0.2, 0) is 4.74 Å². The van der Waals surface area contributed by atoms with Crippen molar-refractivity contribution in [2.45, 2.75) is 38.7 Å². The Hall–Kier alpha value is -2.06. The smallest absolute Gasteiger partial charge is 0.270 e. The number of benzene rings is 1. The number of hydrogen-bond acceptors (Lipinski definition) is 5. The van der Waals surface area contributed by atoms with E-state index in [9.17, 15) is 10.1 Å². The highest BCUT2D eigenvalue weighted by Gasteiger charge is 2.15. The zero-order valence-electron chi connectivity index (χ0n) is 13.7. The van der Waals surface area contributed by atoms with E-state index in [0.29, 0.717) is 18.1 Å². The van der Waals surface area contributed by atoms with Gasteiger partial charge in [0.1, 0.15) is 0 Å². The summed E-state index contributed by atoms with van der Waals surface area (Å²) in [5.74, 6) is 0. The number of hydrazone groups is 1. The molecule has 1 aromatic carbocycles. The number of ether oxygens (including phenoxy) is 1. The van der Waals surface area contributed by atoms with Gasteiger partial charge < -0.3 is 10.1 Å². The molecule has 0 unspecified atom stereocenters. The van der Waals surface area contributed by atoms with Crippen molar-refractivity contribution in [2.75, 3.05) is 13.2 Å². The van der Waals surface area contributed by atoms with Crippen LogP contribution in [0.2, 0.25) is 0 Å². The van der Waals surface area contributed by atoms with Crippen molar-refractivity contribution in [1.29, 1.82) is 0 Å². The third-order valence-corrected chi connectivity index (χ3v) is 3.92. The average molecular weight is 350 g/mol. The Kier molecular flexibility index (Phi) is 7.07. The monoisotopic (exact) mass is 350 g/mol. The number of nitrogens with one attached hydrogen (secondary N) is 2. The molecule has 2 N–H and O–H groups in total. The molecule has 7 nitrogen and oxygen atoms in total. The maximum Gasteiger partial charge on any atom is 0.270 e. The molecule has 1 fully saturated rings. The number of non-ortho nitro benzene ring substituents is 1. The van der Waals surface area contributed by atoms with Gasteiger partial charge in [0.05, 0.1) is 16.7 Å². The van der Waals surface area contributed by atoms with Crippen LogP contribution in [0, 0.1) is 10.1 Å². The standard InChI is InChI=1S/C16H22N4O3S/c1-2-5-15(12-6-3-7-13(10-12)20(21)22)18-19-16(24)17-11-14-8-4-9-23-14/h3,6-7,10,14H,2,4-5,8-9,11H2,1H3,(H2,17,19,24)/b18-15-/t14-/m1/s1. The summed E-state index contributed by atoms with van der Waals surface area (Å²) >= 11 is 5.22. The van der Waals surface area contributed by atoms with Gasteiger partial charge in [-0.3, -0.25) is 15.5 Å². The predicted octanol–water partition coefficient (Wildman–Crippen LogP) is 2.74. The lowest BCUT2D eigenvalue weighted by molar-refractivity contribution is -0.384. The Labute approximate surface area is 146 Å². The van der Waals surface area contributed by atoms with Gasteiger partial charge in [-0.2, -0.15) is 5.10 Å². The first-order chi connectivity index (χ1) is 11.6. The second-order valence-corrected chi connectivity index (χ2v) is 5.98. The van der Waals surface area contributed by atoms with Crippen molar-refractivity contribution in [3.8, 4) is 0 Å². The number of nitrogens with zero attached hydrogens (tertiary/aromatic N) is 2. The Morgan fingerprint density at radius 2 is 2.38 bits per heavy atom. The highest BCUT2D eigenvalue weighted by Crippen LogP contribution is 2.15. The predicted molar refractivity (Wildman–Crippen MR) is 97.3 cm³/mol. The molecule has 1 aromatic rings. The molecular formula is C16H22N4O3S. The van der Waals surface area contributed by atoms with Gasteiger partial charge in [0.15, 0.2) is 5.11 Å². The van der Waals surface area contributed by atoms with Gasteiger partial charge in [-0.1, -0.05) is 25.5 Å². The zero-order chi connectivity index (χ0) is 17.4. The molecule has 0 bridgehead atoms. The van der Waals surface area contributed by atoms with Crippen LogP contribution in [0.5, 0.6) is 0 Å². The van der Waals surface area contributed by atoms with Gasteiger partial charge in [0.25, 0.3) is 5.69 Å². The molecule has 1 aliphatic heterocycles. The van der Waals surface area contributed by atoms with Crippen molar-refractivity contribution in [1.82, 2.24) is 10.7 Å². The van der Waals surface area contributed by atoms with E-state index in [-0.39, 0.29) is 11.8 Å². The molecule has 0 amide bonds. The zero-order valence-corrected chi connectivity index (χ0v) is 14.5. The van der Waals surface area contributed by atoms with E-state index in [0.717, 1.165) is 37.1 Å². The summed E-state index contributed by atoms with van der Waals surface area (Å²) in [5.41, 5.74) is 4.33. The lowest BCUT2D eigenvalue weighted by atomic mass is 10.1. The van der Waals surface area contributed by atoms with E-state index < -0.39 is 4.92 Å². The lowest BCUT2D eigenvalue weighted by Crippen LogP contribution is -2.37. The summed E-state index contributed by atoms with van der Waals surface area (Å²) in [6.07, 6.45) is 3.88. The van der Waals surface area contributed by atoms with Crippen LogP contribution in [0.25, 0.3) is 0 Å². The van der Waals surface area contributed by atoms with Crippen molar-refractivity contribution >= 4 is 28.7 Å². The molecule has 2 rings (SSSR count). The largest absolute Gasteiger partial charge is 0.376 e. The first-order valence-corrected chi connectivity index (χ1v) is 8.47. The molecule has 130 valence electrons. The van der Waals surface area contributed by atoms with Crippen LogP contribution < -0.4 is 10.7 Å². The minimum atomic E-state index is -0.408. The van der Waals surface area contributed by atoms with Crippen LogP contribution in [0.3, 0.4) is 0 Å². The summed E-state index contributed by atoms with van der Waals surface area (Å²) in [7, 11) is 0. The van der Waals surface area contributed by atoms with Crippen molar-refractivity contribution in [3.63, 3.8) is 0 Å². The molecule has 0 radical (unpaired) electrons. The highest BCUT2D eigenvalue weighted by molar-refractivity contribution is 7.80. The van der Waals surface area contributed by atoms with E-state index in [1.54, 1.807) is 6.07 Å². The minimum absolute atomic E-state index is 0.0513. The number of rotatable bonds is 7. The lowest BCUT2D eigenvalue weighted by Gasteiger charge is -2.13. The van der Waals surface area contributed by atoms with Gasteiger partial charge in [-0.15, -0.1) is 0 Å². The molecule has 1 atom stereocenters. The first-order valence-electron chi connectivity index (χ1n) is 8.07. The number of nitro groups is 1. The molecule has 24 heavy (non-hydrogen) atoms. The highest BCUT2D eigenvalue weighted by atomic mass is 32.1. The quantitative estimate of drug-likeness (QED) is 0.340. The summed E-state index contributed by atoms with van der Waals surface area (Å²) in [5, 5.41) is 18.8. The summed E-state index contributed by atoms with van der Waals surface area (Å²) in [6.45, 7) is 3.49. The average Bonchev–Trinajstić information content (AvgIpc) is 3.10. The minimum Gasteiger partial charge on any atom is -0.376 e. The SMILES string of the molecule is CCC/C(=N/NC(=S)NC[C@H]1CCCO1)c1cccc([N+](=O)[O-])c1. The molecule has 1 heterocycles. The van der Waals surface area contributed by atoms with Crippen molar-refractivity contribution < 1.29 is 9.66 Å². The van der Waals surface area contributed by atoms with Crippen LogP contribution in [0.15, 0.2) is 29.4 Å². The first kappa shape index (κ1) is 18.3. The second kappa shape index (κ2) is 9.29. The Bertz CT molecular complexity index is 615. The summed E-state index contributed by atoms with van der Waals surface area (Å²) in [4.78, 5) is 10.5. The van der Waals surface area contributed by atoms with E-state index in [1.165, 1.54) is 12.1 Å². The van der Waals surface area contributed by atoms with Crippen LogP contribution in [-0.4, -0.2) is 35.0 Å². The molecule has 1 aliphatic rings. The van der Waals surface area contributed by atoms with E-state index in [4.69, 9.17) is 17.0 Å². The van der Waals surface area contributed by atoms with Crippen LogP contribution in [0.4, 0.5) is 5.69 Å². The van der Waals surface area contributed by atoms with Crippen molar-refractivity contribution in [3.05, 3.63) is 39.9 Å². The van der Waals surface area contributed by atoms with Gasteiger partial charge in [-0.05, 0) is 31.5 Å². The third-order valence-electron chi connectivity index (χ3n) is 3.68. The van der Waals surface area contributed by atoms with Gasteiger partial charge in [-0.25, -0.2) is 0 Å². The fourth-order valence-corrected chi connectivity index (χ4v) is 2.60. The van der Waals surface area contributed by atoms with Crippen LogP contribution in [0.1, 0.15) is 38.2 Å². The van der Waals surface area contributed by atoms with E-state index in [1.807, 2.05) is 13.0 Å².